The first-order chi connectivity index (χ1) is 31.5. The average Bonchev–Trinajstić information content (AvgIpc) is 3.29. The maximum absolute atomic E-state index is 12.8. The van der Waals surface area contributed by atoms with Gasteiger partial charge in [0, 0.05) is 19.3 Å². The molecule has 0 amide bonds. The molecule has 0 N–H and O–H groups in total. The number of hydrogen-bond acceptors (Lipinski definition) is 6. The molecule has 0 aromatic rings. The first kappa shape index (κ1) is 60.9. The highest BCUT2D eigenvalue weighted by molar-refractivity contribution is 5.71. The third kappa shape index (κ3) is 49.9. The zero-order chi connectivity index (χ0) is 46.5. The first-order valence-electron chi connectivity index (χ1n) is 26.9. The third-order valence-electron chi connectivity index (χ3n) is 11.4. The van der Waals surface area contributed by atoms with E-state index in [9.17, 15) is 14.4 Å². The van der Waals surface area contributed by atoms with Crippen LogP contribution in [0.25, 0.3) is 0 Å². The summed E-state index contributed by atoms with van der Waals surface area (Å²) in [6.07, 6.45) is 66.1. The molecule has 0 spiro atoms. The molecule has 1 unspecified atom stereocenters. The van der Waals surface area contributed by atoms with Crippen LogP contribution in [-0.4, -0.2) is 37.2 Å². The van der Waals surface area contributed by atoms with Gasteiger partial charge in [-0.1, -0.05) is 209 Å². The van der Waals surface area contributed by atoms with Gasteiger partial charge < -0.3 is 14.2 Å². The van der Waals surface area contributed by atoms with Crippen molar-refractivity contribution in [1.82, 2.24) is 0 Å². The number of ether oxygens (including phenoxy) is 3. The molecule has 0 radical (unpaired) electrons. The summed E-state index contributed by atoms with van der Waals surface area (Å²) < 4.78 is 16.7. The minimum absolute atomic E-state index is 0.104. The van der Waals surface area contributed by atoms with Crippen LogP contribution in [0.1, 0.15) is 258 Å². The van der Waals surface area contributed by atoms with Crippen molar-refractivity contribution in [3.8, 4) is 0 Å². The summed E-state index contributed by atoms with van der Waals surface area (Å²) >= 11 is 0. The molecule has 0 aliphatic rings. The molecular formula is C58H100O6. The zero-order valence-electron chi connectivity index (χ0n) is 42.0. The maximum Gasteiger partial charge on any atom is 0.306 e. The molecule has 0 fully saturated rings. The van der Waals surface area contributed by atoms with Gasteiger partial charge in [0.05, 0.1) is 0 Å². The first-order valence-corrected chi connectivity index (χ1v) is 26.9. The lowest BCUT2D eigenvalue weighted by Crippen LogP contribution is -2.30. The van der Waals surface area contributed by atoms with E-state index in [1.54, 1.807) is 0 Å². The lowest BCUT2D eigenvalue weighted by atomic mass is 10.1. The Labute approximate surface area is 395 Å². The summed E-state index contributed by atoms with van der Waals surface area (Å²) in [6.45, 7) is 6.52. The molecular weight excluding hydrogens is 793 g/mol. The van der Waals surface area contributed by atoms with Gasteiger partial charge in [-0.15, -0.1) is 0 Å². The van der Waals surface area contributed by atoms with Gasteiger partial charge in [-0.05, 0) is 103 Å². The molecule has 368 valence electrons. The van der Waals surface area contributed by atoms with Crippen LogP contribution < -0.4 is 0 Å². The lowest BCUT2D eigenvalue weighted by Gasteiger charge is -2.18. The van der Waals surface area contributed by atoms with Gasteiger partial charge in [0.25, 0.3) is 0 Å². The minimum Gasteiger partial charge on any atom is -0.462 e. The molecule has 6 heteroatoms. The predicted molar refractivity (Wildman–Crippen MR) is 274 cm³/mol. The topological polar surface area (TPSA) is 78.9 Å². The highest BCUT2D eigenvalue weighted by Crippen LogP contribution is 2.14. The molecule has 0 saturated heterocycles. The van der Waals surface area contributed by atoms with E-state index in [0.29, 0.717) is 19.3 Å². The Morgan fingerprint density at radius 1 is 0.312 bits per heavy atom. The second-order valence-electron chi connectivity index (χ2n) is 17.8. The van der Waals surface area contributed by atoms with Gasteiger partial charge in [0.1, 0.15) is 13.2 Å². The molecule has 0 bridgehead atoms. The second-order valence-corrected chi connectivity index (χ2v) is 17.8. The van der Waals surface area contributed by atoms with E-state index in [4.69, 9.17) is 14.2 Å². The minimum atomic E-state index is -0.810. The second kappa shape index (κ2) is 52.5. The van der Waals surface area contributed by atoms with Gasteiger partial charge in [0.2, 0.25) is 0 Å². The number of hydrogen-bond donors (Lipinski definition) is 0. The fraction of sp³-hybridized carbons (Fsp3) is 0.741. The number of allylic oxidation sites excluding steroid dienone is 12. The lowest BCUT2D eigenvalue weighted by molar-refractivity contribution is -0.167. The van der Waals surface area contributed by atoms with Crippen molar-refractivity contribution in [3.63, 3.8) is 0 Å². The van der Waals surface area contributed by atoms with Crippen LogP contribution in [0, 0.1) is 0 Å². The summed E-state index contributed by atoms with van der Waals surface area (Å²) in [5.74, 6) is -0.976. The van der Waals surface area contributed by atoms with E-state index in [1.165, 1.54) is 128 Å². The maximum atomic E-state index is 12.8. The number of rotatable bonds is 48. The summed E-state index contributed by atoms with van der Waals surface area (Å²) in [4.78, 5) is 38.0. The normalized spacial score (nSPS) is 12.6. The quantitative estimate of drug-likeness (QED) is 0.0262. The number of carbonyl (C=O) groups is 3. The third-order valence-corrected chi connectivity index (χ3v) is 11.4. The Balaban J connectivity index is 4.45. The van der Waals surface area contributed by atoms with Crippen LogP contribution in [0.15, 0.2) is 72.9 Å². The van der Waals surface area contributed by atoms with Crippen LogP contribution in [0.5, 0.6) is 0 Å². The fourth-order valence-corrected chi connectivity index (χ4v) is 7.29. The van der Waals surface area contributed by atoms with Crippen LogP contribution in [-0.2, 0) is 28.6 Å². The number of esters is 3. The van der Waals surface area contributed by atoms with Crippen LogP contribution in [0.4, 0.5) is 0 Å². The van der Waals surface area contributed by atoms with E-state index < -0.39 is 6.10 Å². The molecule has 0 saturated carbocycles. The standard InChI is InChI=1S/C58H100O6/c1-4-7-10-13-16-19-22-24-26-28-30-31-33-36-39-42-45-48-51-57(60)63-54-55(53-62-56(59)50-47-44-41-38-35-21-18-15-12-9-6-3)64-58(61)52-49-46-43-40-37-34-32-29-27-25-23-20-17-14-11-8-5-2/h15,17-18,20,25,27,30-32,34,40,43,55H,4-14,16,19,21-24,26,28-29,33,35-39,41-42,44-54H2,1-3H3/b18-15-,20-17-,27-25-,31-30-,34-32-,43-40-. The summed E-state index contributed by atoms with van der Waals surface area (Å²) in [6, 6.07) is 0. The van der Waals surface area contributed by atoms with Crippen molar-refractivity contribution in [2.24, 2.45) is 0 Å². The monoisotopic (exact) mass is 893 g/mol. The Morgan fingerprint density at radius 2 is 0.594 bits per heavy atom. The molecule has 0 aliphatic carbocycles. The van der Waals surface area contributed by atoms with Gasteiger partial charge in [-0.2, -0.15) is 0 Å². The molecule has 6 nitrogen and oxygen atoms in total. The number of carbonyl (C=O) groups excluding carboxylic acids is 3. The van der Waals surface area contributed by atoms with E-state index >= 15 is 0 Å². The van der Waals surface area contributed by atoms with Gasteiger partial charge in [0.15, 0.2) is 6.10 Å². The van der Waals surface area contributed by atoms with Crippen molar-refractivity contribution < 1.29 is 28.6 Å². The molecule has 0 aliphatic heterocycles. The largest absolute Gasteiger partial charge is 0.462 e. The Kier molecular flexibility index (Phi) is 49.9. The highest BCUT2D eigenvalue weighted by Gasteiger charge is 2.19. The Bertz CT molecular complexity index is 1210. The van der Waals surface area contributed by atoms with Crippen molar-refractivity contribution in [2.45, 2.75) is 264 Å². The molecule has 0 aromatic heterocycles. The van der Waals surface area contributed by atoms with Crippen LogP contribution in [0.2, 0.25) is 0 Å². The van der Waals surface area contributed by atoms with Crippen molar-refractivity contribution >= 4 is 17.9 Å². The van der Waals surface area contributed by atoms with Crippen LogP contribution >= 0.6 is 0 Å². The molecule has 0 aromatic carbocycles. The molecule has 1 atom stereocenters. The van der Waals surface area contributed by atoms with Crippen LogP contribution in [0.3, 0.4) is 0 Å². The highest BCUT2D eigenvalue weighted by atomic mass is 16.6. The predicted octanol–water partition coefficient (Wildman–Crippen LogP) is 17.8. The summed E-state index contributed by atoms with van der Waals surface area (Å²) in [5, 5.41) is 0. The van der Waals surface area contributed by atoms with Gasteiger partial charge in [-0.3, -0.25) is 14.4 Å². The van der Waals surface area contributed by atoms with E-state index in [1.807, 2.05) is 0 Å². The SMILES string of the molecule is CCCC/C=C\CCCCCCCC(=O)OCC(COC(=O)CCCCCCC/C=C\CCCCCCCCCCC)OC(=O)CCC/C=C\C/C=C\C/C=C\C/C=C\CCCCC. The smallest absolute Gasteiger partial charge is 0.306 e. The number of unbranched alkanes of at least 4 members (excludes halogenated alkanes) is 25. The van der Waals surface area contributed by atoms with E-state index in [2.05, 4.69) is 93.7 Å². The fourth-order valence-electron chi connectivity index (χ4n) is 7.29. The van der Waals surface area contributed by atoms with Crippen molar-refractivity contribution in [2.75, 3.05) is 13.2 Å². The Morgan fingerprint density at radius 3 is 1.02 bits per heavy atom. The van der Waals surface area contributed by atoms with E-state index in [-0.39, 0.29) is 37.5 Å². The van der Waals surface area contributed by atoms with Crippen molar-refractivity contribution in [1.29, 1.82) is 0 Å². The molecule has 0 heterocycles. The molecule has 0 rings (SSSR count). The van der Waals surface area contributed by atoms with Gasteiger partial charge in [-0.25, -0.2) is 0 Å². The van der Waals surface area contributed by atoms with E-state index in [0.717, 1.165) is 83.5 Å². The average molecular weight is 893 g/mol. The zero-order valence-corrected chi connectivity index (χ0v) is 42.0. The Hall–Kier alpha value is -3.15. The van der Waals surface area contributed by atoms with Crippen molar-refractivity contribution in [3.05, 3.63) is 72.9 Å². The van der Waals surface area contributed by atoms with Gasteiger partial charge >= 0.3 is 17.9 Å². The summed E-state index contributed by atoms with van der Waals surface area (Å²) in [7, 11) is 0. The summed E-state index contributed by atoms with van der Waals surface area (Å²) in [5.41, 5.74) is 0. The molecule has 64 heavy (non-hydrogen) atoms.